The second kappa shape index (κ2) is 3.53. The molecule has 3 rings (SSSR count). The lowest BCUT2D eigenvalue weighted by molar-refractivity contribution is 0.643. The number of nitrogens with zero attached hydrogens (tertiary/aromatic N) is 2. The molecule has 3 aromatic rings. The van der Waals surface area contributed by atoms with E-state index in [4.69, 9.17) is 10.2 Å². The molecule has 0 spiro atoms. The predicted molar refractivity (Wildman–Crippen MR) is 66.6 cm³/mol. The third-order valence-electron chi connectivity index (χ3n) is 2.79. The van der Waals surface area contributed by atoms with Crippen molar-refractivity contribution in [3.8, 4) is 0 Å². The Kier molecular flexibility index (Phi) is 2.12. The van der Waals surface area contributed by atoms with Crippen molar-refractivity contribution in [1.82, 2.24) is 9.97 Å². The van der Waals surface area contributed by atoms with E-state index in [-0.39, 0.29) is 6.04 Å². The predicted octanol–water partition coefficient (Wildman–Crippen LogP) is 2.70. The van der Waals surface area contributed by atoms with E-state index in [1.54, 1.807) is 0 Å². The molecule has 0 aliphatic rings. The molecule has 4 heteroatoms. The second-order valence-corrected chi connectivity index (χ2v) is 4.22. The Morgan fingerprint density at radius 2 is 2.00 bits per heavy atom. The molecule has 2 heterocycles. The summed E-state index contributed by atoms with van der Waals surface area (Å²) in [6, 6.07) is 7.67. The number of benzene rings is 1. The highest BCUT2D eigenvalue weighted by molar-refractivity contribution is 6.02. The molecule has 0 aliphatic carbocycles. The molecular formula is C13H13N3O. The first kappa shape index (κ1) is 10.2. The number of fused-ring (bicyclic) bond motifs is 3. The van der Waals surface area contributed by atoms with Crippen molar-refractivity contribution in [3.05, 3.63) is 35.8 Å². The third kappa shape index (κ3) is 1.49. The highest BCUT2D eigenvalue weighted by Gasteiger charge is 2.16. The van der Waals surface area contributed by atoms with Gasteiger partial charge in [-0.2, -0.15) is 0 Å². The number of nitrogens with two attached hydrogens (primary N) is 1. The molecule has 0 saturated heterocycles. The summed E-state index contributed by atoms with van der Waals surface area (Å²) in [6.07, 6.45) is 0. The molecule has 86 valence electrons. The van der Waals surface area contributed by atoms with Gasteiger partial charge in [-0.3, -0.25) is 0 Å². The van der Waals surface area contributed by atoms with Gasteiger partial charge in [-0.05, 0) is 26.0 Å². The Bertz CT molecular complexity index is 700. The van der Waals surface area contributed by atoms with Gasteiger partial charge in [0.15, 0.2) is 5.58 Å². The van der Waals surface area contributed by atoms with Gasteiger partial charge >= 0.3 is 0 Å². The van der Waals surface area contributed by atoms with Crippen LogP contribution in [0.2, 0.25) is 0 Å². The Morgan fingerprint density at radius 1 is 1.24 bits per heavy atom. The van der Waals surface area contributed by atoms with Crippen molar-refractivity contribution in [1.29, 1.82) is 0 Å². The molecule has 2 aromatic heterocycles. The third-order valence-corrected chi connectivity index (χ3v) is 2.79. The Labute approximate surface area is 98.5 Å². The average molecular weight is 227 g/mol. The largest absolute Gasteiger partial charge is 0.452 e. The van der Waals surface area contributed by atoms with Crippen LogP contribution in [-0.2, 0) is 0 Å². The molecule has 0 bridgehead atoms. The van der Waals surface area contributed by atoms with Crippen molar-refractivity contribution >= 4 is 22.1 Å². The van der Waals surface area contributed by atoms with Gasteiger partial charge in [0.1, 0.15) is 22.6 Å². The molecule has 0 aliphatic heterocycles. The summed E-state index contributed by atoms with van der Waals surface area (Å²) in [5, 5.41) is 1.01. The molecule has 1 atom stereocenters. The summed E-state index contributed by atoms with van der Waals surface area (Å²) in [5.41, 5.74) is 9.06. The minimum atomic E-state index is -0.167. The topological polar surface area (TPSA) is 64.9 Å². The number of rotatable bonds is 1. The zero-order valence-electron chi connectivity index (χ0n) is 9.77. The maximum absolute atomic E-state index is 5.92. The standard InChI is InChI=1S/C13H13N3O/c1-7(14)11-13-12(16-8(2)15-11)9-5-3-4-6-10(9)17-13/h3-7H,14H2,1-2H3. The van der Waals surface area contributed by atoms with E-state index in [1.165, 1.54) is 0 Å². The highest BCUT2D eigenvalue weighted by Crippen LogP contribution is 2.30. The van der Waals surface area contributed by atoms with Gasteiger partial charge in [0.2, 0.25) is 0 Å². The van der Waals surface area contributed by atoms with Gasteiger partial charge in [0, 0.05) is 11.4 Å². The number of aromatic nitrogens is 2. The molecular weight excluding hydrogens is 214 g/mol. The van der Waals surface area contributed by atoms with Crippen molar-refractivity contribution < 1.29 is 4.42 Å². The summed E-state index contributed by atoms with van der Waals surface area (Å²) in [5.74, 6) is 0.719. The first-order valence-corrected chi connectivity index (χ1v) is 5.58. The molecule has 4 nitrogen and oxygen atoms in total. The van der Waals surface area contributed by atoms with Crippen molar-refractivity contribution in [2.45, 2.75) is 19.9 Å². The monoisotopic (exact) mass is 227 g/mol. The Balaban J connectivity index is 2.51. The Hall–Kier alpha value is -1.94. The fraction of sp³-hybridized carbons (Fsp3) is 0.231. The summed E-state index contributed by atoms with van der Waals surface area (Å²) >= 11 is 0. The molecule has 0 fully saturated rings. The minimum absolute atomic E-state index is 0.167. The summed E-state index contributed by atoms with van der Waals surface area (Å²) in [7, 11) is 0. The normalized spacial score (nSPS) is 13.4. The number of furan rings is 1. The Morgan fingerprint density at radius 3 is 2.76 bits per heavy atom. The molecule has 17 heavy (non-hydrogen) atoms. The van der Waals surface area contributed by atoms with Crippen LogP contribution in [0.25, 0.3) is 22.1 Å². The van der Waals surface area contributed by atoms with Gasteiger partial charge in [-0.15, -0.1) is 0 Å². The zero-order valence-corrected chi connectivity index (χ0v) is 9.77. The van der Waals surface area contributed by atoms with E-state index in [0.717, 1.165) is 28.0 Å². The first-order valence-electron chi connectivity index (χ1n) is 5.58. The van der Waals surface area contributed by atoms with Crippen molar-refractivity contribution in [2.75, 3.05) is 0 Å². The van der Waals surface area contributed by atoms with Crippen LogP contribution >= 0.6 is 0 Å². The quantitative estimate of drug-likeness (QED) is 0.694. The van der Waals surface area contributed by atoms with E-state index < -0.39 is 0 Å². The summed E-state index contributed by atoms with van der Waals surface area (Å²) in [4.78, 5) is 8.81. The van der Waals surface area contributed by atoms with E-state index in [1.807, 2.05) is 38.1 Å². The van der Waals surface area contributed by atoms with Crippen LogP contribution in [0.15, 0.2) is 28.7 Å². The molecule has 0 radical (unpaired) electrons. The van der Waals surface area contributed by atoms with E-state index in [2.05, 4.69) is 9.97 Å². The van der Waals surface area contributed by atoms with Crippen molar-refractivity contribution in [3.63, 3.8) is 0 Å². The molecule has 1 aromatic carbocycles. The summed E-state index contributed by atoms with van der Waals surface area (Å²) < 4.78 is 5.79. The molecule has 1 unspecified atom stereocenters. The van der Waals surface area contributed by atoms with E-state index in [9.17, 15) is 0 Å². The average Bonchev–Trinajstić information content (AvgIpc) is 2.66. The van der Waals surface area contributed by atoms with Gasteiger partial charge < -0.3 is 10.2 Å². The maximum Gasteiger partial charge on any atom is 0.176 e. The zero-order chi connectivity index (χ0) is 12.0. The second-order valence-electron chi connectivity index (χ2n) is 4.22. The lowest BCUT2D eigenvalue weighted by atomic mass is 10.2. The highest BCUT2D eigenvalue weighted by atomic mass is 16.3. The van der Waals surface area contributed by atoms with E-state index >= 15 is 0 Å². The smallest absolute Gasteiger partial charge is 0.176 e. The van der Waals surface area contributed by atoms with E-state index in [0.29, 0.717) is 5.58 Å². The molecule has 0 amide bonds. The minimum Gasteiger partial charge on any atom is -0.452 e. The van der Waals surface area contributed by atoms with Gasteiger partial charge in [-0.25, -0.2) is 9.97 Å². The SMILES string of the molecule is Cc1nc(C(C)N)c2oc3ccccc3c2n1. The van der Waals surface area contributed by atoms with Crippen LogP contribution < -0.4 is 5.73 Å². The number of hydrogen-bond acceptors (Lipinski definition) is 4. The number of aryl methyl sites for hydroxylation is 1. The fourth-order valence-electron chi connectivity index (χ4n) is 2.04. The van der Waals surface area contributed by atoms with Gasteiger partial charge in [0.05, 0.1) is 0 Å². The van der Waals surface area contributed by atoms with Gasteiger partial charge in [0.25, 0.3) is 0 Å². The molecule has 2 N–H and O–H groups in total. The number of hydrogen-bond donors (Lipinski definition) is 1. The fourth-order valence-corrected chi connectivity index (χ4v) is 2.04. The summed E-state index contributed by atoms with van der Waals surface area (Å²) in [6.45, 7) is 3.77. The van der Waals surface area contributed by atoms with Crippen LogP contribution in [0.4, 0.5) is 0 Å². The van der Waals surface area contributed by atoms with Crippen LogP contribution in [0.3, 0.4) is 0 Å². The first-order chi connectivity index (χ1) is 8.16. The van der Waals surface area contributed by atoms with Gasteiger partial charge in [-0.1, -0.05) is 12.1 Å². The van der Waals surface area contributed by atoms with Crippen LogP contribution in [0.1, 0.15) is 24.5 Å². The molecule has 0 saturated carbocycles. The van der Waals surface area contributed by atoms with Crippen LogP contribution in [0.5, 0.6) is 0 Å². The lowest BCUT2D eigenvalue weighted by Gasteiger charge is -2.05. The maximum atomic E-state index is 5.92. The number of para-hydroxylation sites is 1. The van der Waals surface area contributed by atoms with Crippen LogP contribution in [0, 0.1) is 6.92 Å². The van der Waals surface area contributed by atoms with Crippen LogP contribution in [-0.4, -0.2) is 9.97 Å². The lowest BCUT2D eigenvalue weighted by Crippen LogP contribution is -2.09. The van der Waals surface area contributed by atoms with Crippen molar-refractivity contribution in [2.24, 2.45) is 5.73 Å².